The summed E-state index contributed by atoms with van der Waals surface area (Å²) < 4.78 is 44.9. The summed E-state index contributed by atoms with van der Waals surface area (Å²) in [6.45, 7) is 9.13. The van der Waals surface area contributed by atoms with E-state index in [0.717, 1.165) is 40.1 Å². The third-order valence-electron chi connectivity index (χ3n) is 6.04. The van der Waals surface area contributed by atoms with Crippen LogP contribution in [-0.4, -0.2) is 63.5 Å². The first-order valence-electron chi connectivity index (χ1n) is 13.2. The number of anilines is 2. The van der Waals surface area contributed by atoms with Crippen molar-refractivity contribution in [2.24, 2.45) is 0 Å². The van der Waals surface area contributed by atoms with E-state index < -0.39 is 30.8 Å². The smallest absolute Gasteiger partial charge is 0.401 e. The number of carbonyl (C=O) groups is 1. The first-order chi connectivity index (χ1) is 18.1. The van der Waals surface area contributed by atoms with E-state index in [9.17, 15) is 23.1 Å². The molecule has 0 unspecified atom stereocenters. The maximum atomic E-state index is 13.2. The van der Waals surface area contributed by atoms with E-state index in [2.05, 4.69) is 22.2 Å². The van der Waals surface area contributed by atoms with Crippen LogP contribution < -0.4 is 11.1 Å². The van der Waals surface area contributed by atoms with Gasteiger partial charge in [-0.05, 0) is 64.2 Å². The molecule has 1 aromatic heterocycles. The van der Waals surface area contributed by atoms with Gasteiger partial charge in [0.15, 0.2) is 0 Å². The SMILES string of the molecule is CCC[C@@H](CCO)Nc1nc(N)nc(C)c1Cc1ccc(CN(CC(=O)OC(C)(C)C)CC(F)(F)F)cc1C. The highest BCUT2D eigenvalue weighted by atomic mass is 19.4. The van der Waals surface area contributed by atoms with Gasteiger partial charge in [-0.2, -0.15) is 18.2 Å². The van der Waals surface area contributed by atoms with E-state index in [1.165, 1.54) is 0 Å². The van der Waals surface area contributed by atoms with Gasteiger partial charge in [0, 0.05) is 36.9 Å². The van der Waals surface area contributed by atoms with E-state index in [0.29, 0.717) is 24.2 Å². The van der Waals surface area contributed by atoms with Crippen LogP contribution in [0.1, 0.15) is 74.9 Å². The molecule has 1 heterocycles. The average molecular weight is 554 g/mol. The zero-order valence-electron chi connectivity index (χ0n) is 23.8. The Hall–Kier alpha value is -2.92. The van der Waals surface area contributed by atoms with Crippen molar-refractivity contribution >= 4 is 17.7 Å². The number of nitrogens with zero attached hydrogens (tertiary/aromatic N) is 3. The summed E-state index contributed by atoms with van der Waals surface area (Å²) in [6.07, 6.45) is -1.61. The lowest BCUT2D eigenvalue weighted by Gasteiger charge is -2.26. The summed E-state index contributed by atoms with van der Waals surface area (Å²) in [5.41, 5.74) is 9.23. The second-order valence-electron chi connectivity index (χ2n) is 10.9. The van der Waals surface area contributed by atoms with Crippen molar-refractivity contribution in [1.29, 1.82) is 0 Å². The van der Waals surface area contributed by atoms with Crippen LogP contribution in [0.2, 0.25) is 0 Å². The van der Waals surface area contributed by atoms with Gasteiger partial charge in [-0.25, -0.2) is 4.98 Å². The van der Waals surface area contributed by atoms with Crippen LogP contribution in [0.4, 0.5) is 24.9 Å². The minimum absolute atomic E-state index is 0.0283. The second-order valence-corrected chi connectivity index (χ2v) is 10.9. The van der Waals surface area contributed by atoms with Gasteiger partial charge >= 0.3 is 12.1 Å². The number of hydrogen-bond acceptors (Lipinski definition) is 8. The number of aliphatic hydroxyl groups excluding tert-OH is 1. The monoisotopic (exact) mass is 553 g/mol. The number of nitrogens with two attached hydrogens (primary N) is 1. The number of nitrogen functional groups attached to an aromatic ring is 1. The summed E-state index contributed by atoms with van der Waals surface area (Å²) in [6, 6.07) is 5.51. The molecule has 0 aliphatic rings. The van der Waals surface area contributed by atoms with Crippen LogP contribution in [0, 0.1) is 13.8 Å². The number of halogens is 3. The van der Waals surface area contributed by atoms with Crippen molar-refractivity contribution in [2.45, 2.75) is 91.6 Å². The van der Waals surface area contributed by atoms with Gasteiger partial charge in [-0.15, -0.1) is 0 Å². The number of ether oxygens (including phenoxy) is 1. The third-order valence-corrected chi connectivity index (χ3v) is 6.04. The molecular weight excluding hydrogens is 511 g/mol. The molecule has 8 nitrogen and oxygen atoms in total. The molecule has 0 aliphatic carbocycles. The Morgan fingerprint density at radius 1 is 1.18 bits per heavy atom. The molecule has 4 N–H and O–H groups in total. The predicted molar refractivity (Wildman–Crippen MR) is 146 cm³/mol. The molecule has 0 bridgehead atoms. The third kappa shape index (κ3) is 11.4. The Labute approximate surface area is 229 Å². The zero-order chi connectivity index (χ0) is 29.4. The second kappa shape index (κ2) is 13.9. The number of rotatable bonds is 13. The number of esters is 1. The fraction of sp³-hybridized carbons (Fsp3) is 0.607. The molecule has 2 aromatic rings. The van der Waals surface area contributed by atoms with Crippen LogP contribution >= 0.6 is 0 Å². The molecule has 1 aromatic carbocycles. The van der Waals surface area contributed by atoms with Gasteiger partial charge in [0.1, 0.15) is 11.4 Å². The van der Waals surface area contributed by atoms with Crippen LogP contribution in [0.25, 0.3) is 0 Å². The maximum absolute atomic E-state index is 13.2. The number of benzene rings is 1. The molecule has 0 saturated carbocycles. The van der Waals surface area contributed by atoms with Gasteiger partial charge < -0.3 is 20.9 Å². The minimum Gasteiger partial charge on any atom is -0.459 e. The summed E-state index contributed by atoms with van der Waals surface area (Å²) in [7, 11) is 0. The molecule has 0 amide bonds. The molecule has 0 aliphatic heterocycles. The van der Waals surface area contributed by atoms with Gasteiger partial charge in [0.05, 0.1) is 13.1 Å². The van der Waals surface area contributed by atoms with Gasteiger partial charge in [-0.3, -0.25) is 9.69 Å². The van der Waals surface area contributed by atoms with Crippen molar-refractivity contribution in [3.05, 3.63) is 46.1 Å². The Balaban J connectivity index is 2.27. The van der Waals surface area contributed by atoms with Crippen molar-refractivity contribution in [1.82, 2.24) is 14.9 Å². The average Bonchev–Trinajstić information content (AvgIpc) is 2.75. The van der Waals surface area contributed by atoms with Crippen molar-refractivity contribution in [2.75, 3.05) is 30.7 Å². The van der Waals surface area contributed by atoms with E-state index in [4.69, 9.17) is 10.5 Å². The molecular formula is C28H42F3N5O3. The Kier molecular flexibility index (Phi) is 11.5. The molecule has 218 valence electrons. The highest BCUT2D eigenvalue weighted by Gasteiger charge is 2.32. The minimum atomic E-state index is -4.46. The van der Waals surface area contributed by atoms with E-state index >= 15 is 0 Å². The quantitative estimate of drug-likeness (QED) is 0.299. The zero-order valence-corrected chi connectivity index (χ0v) is 23.8. The van der Waals surface area contributed by atoms with Crippen LogP contribution in [0.15, 0.2) is 18.2 Å². The molecule has 2 rings (SSSR count). The highest BCUT2D eigenvalue weighted by Crippen LogP contribution is 2.26. The molecule has 0 fully saturated rings. The van der Waals surface area contributed by atoms with Gasteiger partial charge in [-0.1, -0.05) is 31.5 Å². The molecule has 0 radical (unpaired) electrons. The van der Waals surface area contributed by atoms with Crippen molar-refractivity contribution in [3.63, 3.8) is 0 Å². The number of hydrogen-bond donors (Lipinski definition) is 3. The first-order valence-corrected chi connectivity index (χ1v) is 13.2. The first kappa shape index (κ1) is 32.3. The van der Waals surface area contributed by atoms with Gasteiger partial charge in [0.2, 0.25) is 5.95 Å². The number of aliphatic hydroxyl groups is 1. The molecule has 0 saturated heterocycles. The molecule has 1 atom stereocenters. The normalized spacial score (nSPS) is 13.0. The van der Waals surface area contributed by atoms with Crippen LogP contribution in [0.3, 0.4) is 0 Å². The number of aromatic nitrogens is 2. The number of carbonyl (C=O) groups excluding carboxylic acids is 1. The van der Waals surface area contributed by atoms with Crippen LogP contribution in [0.5, 0.6) is 0 Å². The fourth-order valence-corrected chi connectivity index (χ4v) is 4.42. The summed E-state index contributed by atoms with van der Waals surface area (Å²) in [5, 5.41) is 12.9. The lowest BCUT2D eigenvalue weighted by Crippen LogP contribution is -2.39. The van der Waals surface area contributed by atoms with Crippen molar-refractivity contribution < 1.29 is 27.8 Å². The Bertz CT molecular complexity index is 1100. The number of alkyl halides is 3. The number of aryl methyl sites for hydroxylation is 2. The summed E-state index contributed by atoms with van der Waals surface area (Å²) >= 11 is 0. The molecule has 39 heavy (non-hydrogen) atoms. The summed E-state index contributed by atoms with van der Waals surface area (Å²) in [5.74, 6) is 0.0606. The Morgan fingerprint density at radius 3 is 2.44 bits per heavy atom. The van der Waals surface area contributed by atoms with Crippen molar-refractivity contribution in [3.8, 4) is 0 Å². The molecule has 0 spiro atoms. The van der Waals surface area contributed by atoms with Crippen LogP contribution in [-0.2, 0) is 22.5 Å². The Morgan fingerprint density at radius 2 is 1.87 bits per heavy atom. The predicted octanol–water partition coefficient (Wildman–Crippen LogP) is 4.94. The van der Waals surface area contributed by atoms with E-state index in [1.807, 2.05) is 26.0 Å². The maximum Gasteiger partial charge on any atom is 0.401 e. The largest absolute Gasteiger partial charge is 0.459 e. The fourth-order valence-electron chi connectivity index (χ4n) is 4.42. The summed E-state index contributed by atoms with van der Waals surface area (Å²) in [4.78, 5) is 22.0. The lowest BCUT2D eigenvalue weighted by molar-refractivity contribution is -0.164. The van der Waals surface area contributed by atoms with E-state index in [1.54, 1.807) is 26.8 Å². The topological polar surface area (TPSA) is 114 Å². The number of nitrogens with one attached hydrogen (secondary N) is 1. The van der Waals surface area contributed by atoms with E-state index in [-0.39, 0.29) is 25.1 Å². The lowest BCUT2D eigenvalue weighted by atomic mass is 9.97. The molecule has 11 heteroatoms. The van der Waals surface area contributed by atoms with Gasteiger partial charge in [0.25, 0.3) is 0 Å². The standard InChI is InChI=1S/C28H42F3N5O3/c1-7-8-22(11-12-37)34-25-23(19(3)33-26(32)35-25)14-21-10-9-20(13-18(21)2)15-36(17-28(29,30)31)16-24(38)39-27(4,5)6/h9-10,13,22,37H,7-8,11-12,14-17H2,1-6H3,(H3,32,33,34,35)/t22-/m0/s1. The highest BCUT2D eigenvalue weighted by molar-refractivity contribution is 5.72.